The Morgan fingerprint density at radius 2 is 1.44 bits per heavy atom. The van der Waals surface area contributed by atoms with Crippen LogP contribution in [0.1, 0.15) is 66.6 Å². The molecule has 2 aliphatic carbocycles. The predicted molar refractivity (Wildman–Crippen MR) is 81.3 cm³/mol. The van der Waals surface area contributed by atoms with Gasteiger partial charge >= 0.3 is 0 Å². The SMILES string of the molecule is CC#CC1CCC(C2CCC(/C=C/C)CC2)CC1.[HH]. The Labute approximate surface area is 115 Å². The van der Waals surface area contributed by atoms with Crippen LogP contribution in [0.5, 0.6) is 0 Å². The zero-order valence-electron chi connectivity index (χ0n) is 12.1. The smallest absolute Gasteiger partial charge is 0.0203 e. The van der Waals surface area contributed by atoms with Gasteiger partial charge in [0.25, 0.3) is 0 Å². The summed E-state index contributed by atoms with van der Waals surface area (Å²) in [5, 5.41) is 0. The van der Waals surface area contributed by atoms with Crippen LogP contribution in [-0.4, -0.2) is 0 Å². The highest BCUT2D eigenvalue weighted by molar-refractivity contribution is 5.02. The maximum atomic E-state index is 3.37. The molecule has 0 aliphatic heterocycles. The van der Waals surface area contributed by atoms with Gasteiger partial charge in [-0.25, -0.2) is 0 Å². The predicted octanol–water partition coefficient (Wildman–Crippen LogP) is 5.44. The molecule has 0 amide bonds. The van der Waals surface area contributed by atoms with Gasteiger partial charge in [0.05, 0.1) is 0 Å². The van der Waals surface area contributed by atoms with E-state index in [9.17, 15) is 0 Å². The number of allylic oxidation sites excluding steroid dienone is 2. The zero-order valence-corrected chi connectivity index (χ0v) is 12.1. The second-order valence-corrected chi connectivity index (χ2v) is 6.21. The quantitative estimate of drug-likeness (QED) is 0.449. The molecule has 0 nitrogen and oxygen atoms in total. The van der Waals surface area contributed by atoms with Crippen LogP contribution in [0.4, 0.5) is 0 Å². The molecule has 2 rings (SSSR count). The lowest BCUT2D eigenvalue weighted by Gasteiger charge is -2.36. The summed E-state index contributed by atoms with van der Waals surface area (Å²) in [5.41, 5.74) is 0. The number of rotatable bonds is 2. The Kier molecular flexibility index (Phi) is 5.36. The number of hydrogen-bond donors (Lipinski definition) is 0. The summed E-state index contributed by atoms with van der Waals surface area (Å²) in [4.78, 5) is 0. The summed E-state index contributed by atoms with van der Waals surface area (Å²) in [6.07, 6.45) is 16.1. The van der Waals surface area contributed by atoms with E-state index in [1.165, 1.54) is 51.4 Å². The van der Waals surface area contributed by atoms with Gasteiger partial charge in [0.15, 0.2) is 0 Å². The molecule has 0 heteroatoms. The molecule has 2 saturated carbocycles. The molecule has 102 valence electrons. The van der Waals surface area contributed by atoms with Gasteiger partial charge in [-0.3, -0.25) is 0 Å². The van der Waals surface area contributed by atoms with Crippen molar-refractivity contribution in [2.75, 3.05) is 0 Å². The van der Waals surface area contributed by atoms with E-state index in [0.717, 1.165) is 17.8 Å². The van der Waals surface area contributed by atoms with Crippen molar-refractivity contribution in [1.82, 2.24) is 0 Å². The standard InChI is InChI=1S/C18H28.H2/c1-3-5-15-7-11-17(12-8-15)18-13-9-16(6-4-2)10-14-18;/h3,5,15-18H,7-14H2,1-2H3;1H/b5-3+;. The van der Waals surface area contributed by atoms with E-state index < -0.39 is 0 Å². The lowest BCUT2D eigenvalue weighted by molar-refractivity contribution is 0.168. The molecular weight excluding hydrogens is 216 g/mol. The van der Waals surface area contributed by atoms with Crippen molar-refractivity contribution < 1.29 is 1.43 Å². The highest BCUT2D eigenvalue weighted by Gasteiger charge is 2.29. The van der Waals surface area contributed by atoms with E-state index >= 15 is 0 Å². The highest BCUT2D eigenvalue weighted by Crippen LogP contribution is 2.41. The van der Waals surface area contributed by atoms with E-state index in [1.54, 1.807) is 0 Å². The van der Waals surface area contributed by atoms with Crippen molar-refractivity contribution in [3.05, 3.63) is 12.2 Å². The summed E-state index contributed by atoms with van der Waals surface area (Å²) >= 11 is 0. The minimum atomic E-state index is 0. The van der Waals surface area contributed by atoms with Crippen molar-refractivity contribution in [3.8, 4) is 11.8 Å². The minimum absolute atomic E-state index is 0. The van der Waals surface area contributed by atoms with Crippen LogP contribution in [0.2, 0.25) is 0 Å². The second-order valence-electron chi connectivity index (χ2n) is 6.21. The fourth-order valence-electron chi connectivity index (χ4n) is 4.02. The summed E-state index contributed by atoms with van der Waals surface area (Å²) in [7, 11) is 0. The van der Waals surface area contributed by atoms with Gasteiger partial charge in [0.1, 0.15) is 0 Å². The number of hydrogen-bond acceptors (Lipinski definition) is 0. The molecule has 0 bridgehead atoms. The molecule has 0 aromatic carbocycles. The van der Waals surface area contributed by atoms with Gasteiger partial charge in [0.2, 0.25) is 0 Å². The largest absolute Gasteiger partial charge is 0.106 e. The molecule has 0 radical (unpaired) electrons. The van der Waals surface area contributed by atoms with Crippen LogP contribution in [0.25, 0.3) is 0 Å². The van der Waals surface area contributed by atoms with Gasteiger partial charge in [-0.15, -0.1) is 11.8 Å². The van der Waals surface area contributed by atoms with E-state index in [0.29, 0.717) is 5.92 Å². The van der Waals surface area contributed by atoms with Crippen molar-refractivity contribution in [3.63, 3.8) is 0 Å². The van der Waals surface area contributed by atoms with Crippen LogP contribution in [0.3, 0.4) is 0 Å². The molecule has 0 spiro atoms. The Morgan fingerprint density at radius 3 is 1.94 bits per heavy atom. The van der Waals surface area contributed by atoms with Gasteiger partial charge in [0, 0.05) is 7.34 Å². The molecule has 0 unspecified atom stereocenters. The first kappa shape index (κ1) is 13.7. The van der Waals surface area contributed by atoms with Gasteiger partial charge < -0.3 is 0 Å². The monoisotopic (exact) mass is 246 g/mol. The third-order valence-electron chi connectivity index (χ3n) is 5.07. The van der Waals surface area contributed by atoms with E-state index in [-0.39, 0.29) is 1.43 Å². The first-order valence-corrected chi connectivity index (χ1v) is 7.88. The summed E-state index contributed by atoms with van der Waals surface area (Å²) in [6.45, 7) is 4.14. The molecule has 2 fully saturated rings. The first-order valence-electron chi connectivity index (χ1n) is 7.88. The summed E-state index contributed by atoms with van der Waals surface area (Å²) in [5.74, 6) is 10.1. The van der Waals surface area contributed by atoms with Crippen LogP contribution in [-0.2, 0) is 0 Å². The van der Waals surface area contributed by atoms with E-state index in [2.05, 4.69) is 30.9 Å². The molecular formula is C18H30. The molecule has 0 heterocycles. The highest BCUT2D eigenvalue weighted by atomic mass is 14.3. The fraction of sp³-hybridized carbons (Fsp3) is 0.778. The van der Waals surface area contributed by atoms with Gasteiger partial charge in [-0.1, -0.05) is 12.2 Å². The third kappa shape index (κ3) is 3.64. The molecule has 0 aromatic heterocycles. The average molecular weight is 246 g/mol. The molecule has 18 heavy (non-hydrogen) atoms. The van der Waals surface area contributed by atoms with Gasteiger partial charge in [-0.05, 0) is 83.0 Å². The van der Waals surface area contributed by atoms with Crippen molar-refractivity contribution in [2.24, 2.45) is 23.7 Å². The zero-order chi connectivity index (χ0) is 12.8. The van der Waals surface area contributed by atoms with Crippen LogP contribution >= 0.6 is 0 Å². The van der Waals surface area contributed by atoms with Crippen LogP contribution in [0, 0.1) is 35.5 Å². The lowest BCUT2D eigenvalue weighted by Crippen LogP contribution is -2.25. The molecule has 2 aliphatic rings. The van der Waals surface area contributed by atoms with Crippen molar-refractivity contribution >= 4 is 0 Å². The topological polar surface area (TPSA) is 0 Å². The first-order chi connectivity index (χ1) is 8.83. The minimum Gasteiger partial charge on any atom is -0.106 e. The van der Waals surface area contributed by atoms with Crippen LogP contribution < -0.4 is 0 Å². The Balaban J connectivity index is 0.00000180. The maximum absolute atomic E-state index is 3.37. The maximum Gasteiger partial charge on any atom is 0.0203 e. The summed E-state index contributed by atoms with van der Waals surface area (Å²) < 4.78 is 0. The van der Waals surface area contributed by atoms with E-state index in [4.69, 9.17) is 0 Å². The van der Waals surface area contributed by atoms with E-state index in [1.807, 2.05) is 6.92 Å². The normalized spacial score (nSPS) is 37.2. The van der Waals surface area contributed by atoms with Crippen LogP contribution in [0.15, 0.2) is 12.2 Å². The summed E-state index contributed by atoms with van der Waals surface area (Å²) in [6, 6.07) is 0. The Hall–Kier alpha value is -0.700. The fourth-order valence-corrected chi connectivity index (χ4v) is 4.02. The molecule has 0 saturated heterocycles. The lowest BCUT2D eigenvalue weighted by atomic mass is 9.69. The Bertz CT molecular complexity index is 317. The van der Waals surface area contributed by atoms with Crippen molar-refractivity contribution in [1.29, 1.82) is 0 Å². The second kappa shape index (κ2) is 7.03. The third-order valence-corrected chi connectivity index (χ3v) is 5.07. The Morgan fingerprint density at radius 1 is 0.889 bits per heavy atom. The molecule has 0 atom stereocenters. The van der Waals surface area contributed by atoms with Crippen molar-refractivity contribution in [2.45, 2.75) is 65.2 Å². The molecule has 0 N–H and O–H groups in total. The van der Waals surface area contributed by atoms with Gasteiger partial charge in [-0.2, -0.15) is 0 Å². The molecule has 0 aromatic rings. The average Bonchev–Trinajstić information content (AvgIpc) is 2.41.